The highest BCUT2D eigenvalue weighted by atomic mass is 16.5. The van der Waals surface area contributed by atoms with Crippen LogP contribution in [0, 0.1) is 6.92 Å². The number of aryl methyl sites for hydroxylation is 1. The number of benzene rings is 2. The van der Waals surface area contributed by atoms with Gasteiger partial charge >= 0.3 is 0 Å². The smallest absolute Gasteiger partial charge is 0.123 e. The molecule has 2 aromatic rings. The normalized spacial score (nSPS) is 12.4. The SMILES string of the molecule is COc1ccccc1C(CN)N(C)Cc1ccccc1C. The maximum Gasteiger partial charge on any atom is 0.123 e. The molecular weight excluding hydrogens is 260 g/mol. The molecule has 0 saturated heterocycles. The van der Waals surface area contributed by atoms with Crippen molar-refractivity contribution in [3.05, 3.63) is 65.2 Å². The lowest BCUT2D eigenvalue weighted by atomic mass is 10.0. The predicted octanol–water partition coefficient (Wildman–Crippen LogP) is 3.14. The summed E-state index contributed by atoms with van der Waals surface area (Å²) in [7, 11) is 3.81. The molecule has 1 unspecified atom stereocenters. The zero-order valence-electron chi connectivity index (χ0n) is 13.0. The van der Waals surface area contributed by atoms with Gasteiger partial charge in [0.1, 0.15) is 5.75 Å². The average Bonchev–Trinajstić information content (AvgIpc) is 2.51. The first-order chi connectivity index (χ1) is 10.2. The van der Waals surface area contributed by atoms with Gasteiger partial charge in [-0.15, -0.1) is 0 Å². The van der Waals surface area contributed by atoms with Gasteiger partial charge in [-0.2, -0.15) is 0 Å². The Kier molecular flexibility index (Phi) is 5.37. The molecule has 0 amide bonds. The molecule has 0 aliphatic carbocycles. The fourth-order valence-electron chi connectivity index (χ4n) is 2.65. The van der Waals surface area contributed by atoms with Gasteiger partial charge < -0.3 is 10.5 Å². The number of methoxy groups -OCH3 is 1. The molecular formula is C18H24N2O. The minimum Gasteiger partial charge on any atom is -0.496 e. The highest BCUT2D eigenvalue weighted by Gasteiger charge is 2.19. The van der Waals surface area contributed by atoms with Crippen molar-refractivity contribution in [3.63, 3.8) is 0 Å². The summed E-state index contributed by atoms with van der Waals surface area (Å²) >= 11 is 0. The molecule has 0 bridgehead atoms. The quantitative estimate of drug-likeness (QED) is 0.885. The summed E-state index contributed by atoms with van der Waals surface area (Å²) in [5, 5.41) is 0. The van der Waals surface area contributed by atoms with E-state index in [0.29, 0.717) is 6.54 Å². The van der Waals surface area contributed by atoms with Crippen molar-refractivity contribution in [2.45, 2.75) is 19.5 Å². The molecule has 0 fully saturated rings. The molecule has 3 nitrogen and oxygen atoms in total. The summed E-state index contributed by atoms with van der Waals surface area (Å²) in [6, 6.07) is 16.7. The minimum atomic E-state index is 0.140. The standard InChI is InChI=1S/C18H24N2O/c1-14-8-4-5-9-15(14)13-20(2)17(12-19)16-10-6-7-11-18(16)21-3/h4-11,17H,12-13,19H2,1-3H3. The van der Waals surface area contributed by atoms with Gasteiger partial charge in [0.25, 0.3) is 0 Å². The van der Waals surface area contributed by atoms with E-state index in [-0.39, 0.29) is 6.04 Å². The molecule has 0 spiro atoms. The minimum absolute atomic E-state index is 0.140. The number of nitrogens with zero attached hydrogens (tertiary/aromatic N) is 1. The maximum absolute atomic E-state index is 6.02. The predicted molar refractivity (Wildman–Crippen MR) is 87.4 cm³/mol. The van der Waals surface area contributed by atoms with Gasteiger partial charge in [-0.25, -0.2) is 0 Å². The first-order valence-corrected chi connectivity index (χ1v) is 7.25. The largest absolute Gasteiger partial charge is 0.496 e. The van der Waals surface area contributed by atoms with E-state index in [1.54, 1.807) is 7.11 Å². The number of hydrogen-bond donors (Lipinski definition) is 1. The lowest BCUT2D eigenvalue weighted by Gasteiger charge is -2.29. The van der Waals surface area contributed by atoms with Crippen molar-refractivity contribution in [1.29, 1.82) is 0 Å². The number of nitrogens with two attached hydrogens (primary N) is 1. The lowest BCUT2D eigenvalue weighted by Crippen LogP contribution is -2.30. The fraction of sp³-hybridized carbons (Fsp3) is 0.333. The number of likely N-dealkylation sites (N-methyl/N-ethyl adjacent to an activating group) is 1. The first kappa shape index (κ1) is 15.5. The van der Waals surface area contributed by atoms with Crippen LogP contribution in [-0.4, -0.2) is 25.6 Å². The first-order valence-electron chi connectivity index (χ1n) is 7.25. The van der Waals surface area contributed by atoms with E-state index in [1.165, 1.54) is 11.1 Å². The van der Waals surface area contributed by atoms with E-state index in [4.69, 9.17) is 10.5 Å². The van der Waals surface area contributed by atoms with E-state index in [2.05, 4.69) is 49.2 Å². The Balaban J connectivity index is 2.23. The monoisotopic (exact) mass is 284 g/mol. The topological polar surface area (TPSA) is 38.5 Å². The fourth-order valence-corrected chi connectivity index (χ4v) is 2.65. The molecule has 0 aliphatic rings. The van der Waals surface area contributed by atoms with Crippen molar-refractivity contribution in [3.8, 4) is 5.75 Å². The summed E-state index contributed by atoms with van der Waals surface area (Å²) in [6.07, 6.45) is 0. The van der Waals surface area contributed by atoms with Gasteiger partial charge in [0.15, 0.2) is 0 Å². The van der Waals surface area contributed by atoms with Crippen molar-refractivity contribution in [2.75, 3.05) is 20.7 Å². The van der Waals surface area contributed by atoms with Gasteiger partial charge in [0.05, 0.1) is 13.2 Å². The highest BCUT2D eigenvalue weighted by Crippen LogP contribution is 2.29. The van der Waals surface area contributed by atoms with Gasteiger partial charge in [-0.05, 0) is 31.2 Å². The Hall–Kier alpha value is -1.84. The molecule has 0 saturated carbocycles. The van der Waals surface area contributed by atoms with Gasteiger partial charge in [0, 0.05) is 18.7 Å². The Bertz CT molecular complexity index is 583. The van der Waals surface area contributed by atoms with E-state index >= 15 is 0 Å². The molecule has 21 heavy (non-hydrogen) atoms. The van der Waals surface area contributed by atoms with Crippen LogP contribution < -0.4 is 10.5 Å². The third-order valence-electron chi connectivity index (χ3n) is 3.93. The van der Waals surface area contributed by atoms with Crippen LogP contribution in [0.2, 0.25) is 0 Å². The summed E-state index contributed by atoms with van der Waals surface area (Å²) in [4.78, 5) is 2.28. The molecule has 1 atom stereocenters. The molecule has 2 N–H and O–H groups in total. The summed E-state index contributed by atoms with van der Waals surface area (Å²) in [5.74, 6) is 0.893. The average molecular weight is 284 g/mol. The van der Waals surface area contributed by atoms with Crippen molar-refractivity contribution < 1.29 is 4.74 Å². The molecule has 112 valence electrons. The van der Waals surface area contributed by atoms with Crippen molar-refractivity contribution in [1.82, 2.24) is 4.90 Å². The van der Waals surface area contributed by atoms with Crippen LogP contribution in [-0.2, 0) is 6.54 Å². The maximum atomic E-state index is 6.02. The molecule has 0 aromatic heterocycles. The highest BCUT2D eigenvalue weighted by molar-refractivity contribution is 5.36. The summed E-state index contributed by atoms with van der Waals surface area (Å²) in [6.45, 7) is 3.57. The number of rotatable bonds is 6. The van der Waals surface area contributed by atoms with Crippen LogP contribution in [0.4, 0.5) is 0 Å². The Morgan fingerprint density at radius 2 is 1.76 bits per heavy atom. The van der Waals surface area contributed by atoms with Crippen LogP contribution >= 0.6 is 0 Å². The van der Waals surface area contributed by atoms with Gasteiger partial charge in [-0.3, -0.25) is 4.90 Å². The zero-order chi connectivity index (χ0) is 15.2. The molecule has 2 aromatic carbocycles. The van der Waals surface area contributed by atoms with Crippen LogP contribution in [0.5, 0.6) is 5.75 Å². The molecule has 0 aliphatic heterocycles. The second-order valence-electron chi connectivity index (χ2n) is 5.34. The van der Waals surface area contributed by atoms with Crippen LogP contribution in [0.25, 0.3) is 0 Å². The second kappa shape index (κ2) is 7.25. The molecule has 2 rings (SSSR count). The Morgan fingerprint density at radius 3 is 2.43 bits per heavy atom. The van der Waals surface area contributed by atoms with E-state index in [1.807, 2.05) is 18.2 Å². The lowest BCUT2D eigenvalue weighted by molar-refractivity contribution is 0.235. The van der Waals surface area contributed by atoms with Crippen molar-refractivity contribution >= 4 is 0 Å². The molecule has 0 heterocycles. The Labute approximate surface area is 127 Å². The molecule has 3 heteroatoms. The number of para-hydroxylation sites is 1. The number of ether oxygens (including phenoxy) is 1. The second-order valence-corrected chi connectivity index (χ2v) is 5.34. The van der Waals surface area contributed by atoms with Gasteiger partial charge in [-0.1, -0.05) is 42.5 Å². The van der Waals surface area contributed by atoms with E-state index < -0.39 is 0 Å². The summed E-state index contributed by atoms with van der Waals surface area (Å²) in [5.41, 5.74) is 9.79. The Morgan fingerprint density at radius 1 is 1.10 bits per heavy atom. The van der Waals surface area contributed by atoms with Crippen LogP contribution in [0.1, 0.15) is 22.7 Å². The third kappa shape index (κ3) is 3.63. The third-order valence-corrected chi connectivity index (χ3v) is 3.93. The van der Waals surface area contributed by atoms with E-state index in [9.17, 15) is 0 Å². The van der Waals surface area contributed by atoms with Crippen molar-refractivity contribution in [2.24, 2.45) is 5.73 Å². The molecule has 0 radical (unpaired) electrons. The van der Waals surface area contributed by atoms with Crippen LogP contribution in [0.15, 0.2) is 48.5 Å². The number of hydrogen-bond acceptors (Lipinski definition) is 3. The van der Waals surface area contributed by atoms with Gasteiger partial charge in [0.2, 0.25) is 0 Å². The zero-order valence-corrected chi connectivity index (χ0v) is 13.0. The van der Waals surface area contributed by atoms with Crippen LogP contribution in [0.3, 0.4) is 0 Å². The summed E-state index contributed by atoms with van der Waals surface area (Å²) < 4.78 is 5.47. The van der Waals surface area contributed by atoms with E-state index in [0.717, 1.165) is 17.9 Å².